The molecule has 1 amide bonds. The van der Waals surface area contributed by atoms with Gasteiger partial charge in [-0.1, -0.05) is 28.8 Å². The van der Waals surface area contributed by atoms with E-state index < -0.39 is 0 Å². The molecule has 2 nitrogen and oxygen atoms in total. The Morgan fingerprint density at radius 2 is 2.17 bits per heavy atom. The van der Waals surface area contributed by atoms with Crippen LogP contribution in [0, 0.1) is 0 Å². The monoisotopic (exact) mass is 343 g/mol. The molecule has 2 atom stereocenters. The second-order valence-corrected chi connectivity index (χ2v) is 7.85. The Hall–Kier alpha value is -0.390. The fourth-order valence-electron chi connectivity index (χ4n) is 2.37. The number of rotatable bonds is 2. The maximum atomic E-state index is 12.2. The molecular weight excluding hydrogens is 330 g/mol. The van der Waals surface area contributed by atoms with Gasteiger partial charge in [0.1, 0.15) is 0 Å². The third-order valence-corrected chi connectivity index (χ3v) is 6.55. The molecule has 0 aliphatic heterocycles. The fraction of sp³-hybridized carbons (Fsp3) is 0.462. The SMILES string of the molecule is O=C(NC1CCCCC1Br)c1cc2sccc2s1. The van der Waals surface area contributed by atoms with Crippen LogP contribution in [0.5, 0.6) is 0 Å². The minimum Gasteiger partial charge on any atom is -0.347 e. The summed E-state index contributed by atoms with van der Waals surface area (Å²) in [5, 5.41) is 5.23. The van der Waals surface area contributed by atoms with Gasteiger partial charge in [0.05, 0.1) is 4.88 Å². The standard InChI is InChI=1S/C13H14BrNOS2/c14-8-3-1-2-4-9(8)15-13(16)12-7-11-10(18-12)5-6-17-11/h5-9H,1-4H2,(H,15,16). The number of fused-ring (bicyclic) bond motifs is 1. The van der Waals surface area contributed by atoms with Crippen LogP contribution in [0.25, 0.3) is 9.40 Å². The Bertz CT molecular complexity index is 534. The first-order valence-electron chi connectivity index (χ1n) is 6.16. The molecule has 2 aromatic rings. The van der Waals surface area contributed by atoms with Crippen molar-refractivity contribution in [1.82, 2.24) is 5.32 Å². The van der Waals surface area contributed by atoms with E-state index in [0.717, 1.165) is 17.7 Å². The molecule has 0 spiro atoms. The Morgan fingerprint density at radius 1 is 1.33 bits per heavy atom. The van der Waals surface area contributed by atoms with Crippen molar-refractivity contribution in [3.8, 4) is 0 Å². The van der Waals surface area contributed by atoms with Crippen LogP contribution in [0.3, 0.4) is 0 Å². The molecule has 1 aliphatic rings. The van der Waals surface area contributed by atoms with Gasteiger partial charge in [-0.15, -0.1) is 22.7 Å². The molecule has 2 aromatic heterocycles. The highest BCUT2D eigenvalue weighted by atomic mass is 79.9. The lowest BCUT2D eigenvalue weighted by Crippen LogP contribution is -2.42. The van der Waals surface area contributed by atoms with Crippen LogP contribution >= 0.6 is 38.6 Å². The summed E-state index contributed by atoms with van der Waals surface area (Å²) in [5.41, 5.74) is 0. The molecule has 0 saturated heterocycles. The summed E-state index contributed by atoms with van der Waals surface area (Å²) >= 11 is 6.95. The molecule has 0 radical (unpaired) electrons. The van der Waals surface area contributed by atoms with E-state index in [1.807, 2.05) is 6.07 Å². The van der Waals surface area contributed by atoms with E-state index in [0.29, 0.717) is 4.83 Å². The molecule has 0 bridgehead atoms. The predicted molar refractivity (Wildman–Crippen MR) is 82.1 cm³/mol. The van der Waals surface area contributed by atoms with Gasteiger partial charge in [0.25, 0.3) is 5.91 Å². The molecule has 2 unspecified atom stereocenters. The van der Waals surface area contributed by atoms with Gasteiger partial charge in [-0.3, -0.25) is 4.79 Å². The molecule has 2 heterocycles. The van der Waals surface area contributed by atoms with Crippen molar-refractivity contribution < 1.29 is 4.79 Å². The van der Waals surface area contributed by atoms with Gasteiger partial charge in [0, 0.05) is 20.3 Å². The first kappa shape index (κ1) is 12.6. The summed E-state index contributed by atoms with van der Waals surface area (Å²) < 4.78 is 2.42. The second kappa shape index (κ2) is 5.31. The van der Waals surface area contributed by atoms with E-state index in [9.17, 15) is 4.79 Å². The van der Waals surface area contributed by atoms with Crippen LogP contribution in [0.2, 0.25) is 0 Å². The number of thiophene rings is 2. The van der Waals surface area contributed by atoms with Crippen molar-refractivity contribution in [2.45, 2.75) is 36.6 Å². The van der Waals surface area contributed by atoms with Gasteiger partial charge in [-0.2, -0.15) is 0 Å². The third kappa shape index (κ3) is 2.49. The fourth-order valence-corrected chi connectivity index (χ4v) is 5.10. The normalized spacial score (nSPS) is 24.3. The van der Waals surface area contributed by atoms with Crippen molar-refractivity contribution in [2.75, 3.05) is 0 Å². The molecule has 1 N–H and O–H groups in total. The highest BCUT2D eigenvalue weighted by Gasteiger charge is 2.25. The van der Waals surface area contributed by atoms with Crippen molar-refractivity contribution in [2.24, 2.45) is 0 Å². The summed E-state index contributed by atoms with van der Waals surface area (Å²) in [6, 6.07) is 4.37. The van der Waals surface area contributed by atoms with Crippen LogP contribution in [-0.2, 0) is 0 Å². The Morgan fingerprint density at radius 3 is 2.94 bits per heavy atom. The molecule has 1 saturated carbocycles. The summed E-state index contributed by atoms with van der Waals surface area (Å²) in [5.74, 6) is 0.0831. The van der Waals surface area contributed by atoms with E-state index in [2.05, 4.69) is 32.7 Å². The van der Waals surface area contributed by atoms with Crippen molar-refractivity contribution >= 4 is 53.9 Å². The van der Waals surface area contributed by atoms with E-state index >= 15 is 0 Å². The van der Waals surface area contributed by atoms with Crippen LogP contribution in [-0.4, -0.2) is 16.8 Å². The second-order valence-electron chi connectivity index (χ2n) is 4.64. The molecule has 3 rings (SSSR count). The van der Waals surface area contributed by atoms with Gasteiger partial charge >= 0.3 is 0 Å². The van der Waals surface area contributed by atoms with E-state index in [4.69, 9.17) is 0 Å². The minimum atomic E-state index is 0.0831. The number of alkyl halides is 1. The lowest BCUT2D eigenvalue weighted by molar-refractivity contribution is 0.0934. The van der Waals surface area contributed by atoms with E-state index in [-0.39, 0.29) is 11.9 Å². The maximum absolute atomic E-state index is 12.2. The highest BCUT2D eigenvalue weighted by Crippen LogP contribution is 2.30. The molecule has 1 fully saturated rings. The average Bonchev–Trinajstić information content (AvgIpc) is 2.92. The number of carbonyl (C=O) groups is 1. The molecular formula is C13H14BrNOS2. The van der Waals surface area contributed by atoms with Crippen molar-refractivity contribution in [1.29, 1.82) is 0 Å². The molecule has 96 valence electrons. The molecule has 0 aromatic carbocycles. The Balaban J connectivity index is 1.72. The van der Waals surface area contributed by atoms with Gasteiger partial charge in [0.15, 0.2) is 0 Å². The zero-order valence-electron chi connectivity index (χ0n) is 9.82. The van der Waals surface area contributed by atoms with Gasteiger partial charge < -0.3 is 5.32 Å². The number of amides is 1. The van der Waals surface area contributed by atoms with Crippen molar-refractivity contribution in [3.05, 3.63) is 22.4 Å². The summed E-state index contributed by atoms with van der Waals surface area (Å²) in [4.78, 5) is 13.5. The number of nitrogens with one attached hydrogen (secondary N) is 1. The predicted octanol–water partition coefficient (Wildman–Crippen LogP) is 4.40. The van der Waals surface area contributed by atoms with Crippen LogP contribution in [0.15, 0.2) is 17.5 Å². The zero-order chi connectivity index (χ0) is 12.5. The third-order valence-electron chi connectivity index (χ3n) is 3.36. The maximum Gasteiger partial charge on any atom is 0.261 e. The van der Waals surface area contributed by atoms with E-state index in [1.54, 1.807) is 22.7 Å². The Kier molecular flexibility index (Phi) is 3.73. The summed E-state index contributed by atoms with van der Waals surface area (Å²) in [6.45, 7) is 0. The van der Waals surface area contributed by atoms with Crippen molar-refractivity contribution in [3.63, 3.8) is 0 Å². The number of halogens is 1. The Labute approximate surface area is 123 Å². The average molecular weight is 344 g/mol. The molecule has 5 heteroatoms. The quantitative estimate of drug-likeness (QED) is 0.804. The van der Waals surface area contributed by atoms with Crippen LogP contribution in [0.1, 0.15) is 35.4 Å². The van der Waals surface area contributed by atoms with E-state index in [1.165, 1.54) is 22.2 Å². The number of hydrogen-bond acceptors (Lipinski definition) is 3. The number of carbonyl (C=O) groups excluding carboxylic acids is 1. The first-order valence-corrected chi connectivity index (χ1v) is 8.77. The lowest BCUT2D eigenvalue weighted by atomic mass is 9.95. The van der Waals surface area contributed by atoms with Crippen LogP contribution in [0.4, 0.5) is 0 Å². The summed E-state index contributed by atoms with van der Waals surface area (Å²) in [7, 11) is 0. The topological polar surface area (TPSA) is 29.1 Å². The highest BCUT2D eigenvalue weighted by molar-refractivity contribution is 9.09. The zero-order valence-corrected chi connectivity index (χ0v) is 13.0. The molecule has 1 aliphatic carbocycles. The van der Waals surface area contributed by atoms with Gasteiger partial charge in [0.2, 0.25) is 0 Å². The number of hydrogen-bond donors (Lipinski definition) is 1. The lowest BCUT2D eigenvalue weighted by Gasteiger charge is -2.27. The molecule has 18 heavy (non-hydrogen) atoms. The smallest absolute Gasteiger partial charge is 0.261 e. The summed E-state index contributed by atoms with van der Waals surface area (Å²) in [6.07, 6.45) is 4.72. The first-order chi connectivity index (χ1) is 8.74. The van der Waals surface area contributed by atoms with Gasteiger partial charge in [-0.25, -0.2) is 0 Å². The largest absolute Gasteiger partial charge is 0.347 e. The van der Waals surface area contributed by atoms with Gasteiger partial charge in [-0.05, 0) is 30.4 Å². The van der Waals surface area contributed by atoms with Crippen LogP contribution < -0.4 is 5.32 Å². The minimum absolute atomic E-state index is 0.0831.